The number of morpholine rings is 1. The van der Waals surface area contributed by atoms with Gasteiger partial charge >= 0.3 is 0 Å². The third kappa shape index (κ3) is 3.90. The van der Waals surface area contributed by atoms with Crippen molar-refractivity contribution in [1.82, 2.24) is 20.0 Å². The number of nitrogens with zero attached hydrogens (tertiary/aromatic N) is 3. The van der Waals surface area contributed by atoms with Crippen LogP contribution in [0.3, 0.4) is 0 Å². The van der Waals surface area contributed by atoms with Gasteiger partial charge in [0.25, 0.3) is 5.91 Å². The zero-order valence-corrected chi connectivity index (χ0v) is 16.4. The van der Waals surface area contributed by atoms with E-state index in [4.69, 9.17) is 4.74 Å². The molecule has 0 saturated carbocycles. The van der Waals surface area contributed by atoms with Crippen LogP contribution in [-0.2, 0) is 21.4 Å². The number of nitrogens with one attached hydrogen (secondary N) is 1. The largest absolute Gasteiger partial charge is 0.394 e. The number of aliphatic hydroxyl groups is 1. The second-order valence-electron chi connectivity index (χ2n) is 6.52. The maximum absolute atomic E-state index is 13.0. The molecule has 2 amide bonds. The van der Waals surface area contributed by atoms with Gasteiger partial charge in [-0.15, -0.1) is 11.3 Å². The maximum atomic E-state index is 13.0. The van der Waals surface area contributed by atoms with Gasteiger partial charge in [0.2, 0.25) is 5.91 Å². The van der Waals surface area contributed by atoms with Gasteiger partial charge in [0.05, 0.1) is 24.9 Å². The number of ether oxygens (including phenoxy) is 1. The summed E-state index contributed by atoms with van der Waals surface area (Å²) in [5, 5.41) is 18.7. The van der Waals surface area contributed by atoms with E-state index in [9.17, 15) is 14.7 Å². The quantitative estimate of drug-likeness (QED) is 0.762. The number of rotatable bonds is 6. The van der Waals surface area contributed by atoms with E-state index in [-0.39, 0.29) is 25.0 Å². The van der Waals surface area contributed by atoms with Gasteiger partial charge in [-0.3, -0.25) is 14.3 Å². The molecule has 27 heavy (non-hydrogen) atoms. The summed E-state index contributed by atoms with van der Waals surface area (Å²) in [5.41, 5.74) is 1.75. The first kappa shape index (κ1) is 19.5. The Morgan fingerprint density at radius 3 is 2.89 bits per heavy atom. The molecule has 3 atom stereocenters. The topological polar surface area (TPSA) is 96.7 Å². The Kier molecular flexibility index (Phi) is 5.93. The summed E-state index contributed by atoms with van der Waals surface area (Å²) in [6.45, 7) is 3.90. The Hall–Kier alpha value is -2.23. The highest BCUT2D eigenvalue weighted by Crippen LogP contribution is 2.31. The molecule has 0 aliphatic carbocycles. The molecular formula is C18H24N4O4S. The number of likely N-dealkylation sites (N-methyl/N-ethyl adjacent to an activating group) is 1. The average molecular weight is 392 g/mol. The van der Waals surface area contributed by atoms with Crippen molar-refractivity contribution in [1.29, 1.82) is 0 Å². The number of hydrogen-bond donors (Lipinski definition) is 2. The number of thiophene rings is 1. The van der Waals surface area contributed by atoms with Crippen LogP contribution in [0.4, 0.5) is 0 Å². The van der Waals surface area contributed by atoms with Gasteiger partial charge < -0.3 is 20.1 Å². The fraction of sp³-hybridized carbons (Fsp3) is 0.500. The van der Waals surface area contributed by atoms with Crippen molar-refractivity contribution in [3.8, 4) is 0 Å². The molecule has 1 aliphatic rings. The van der Waals surface area contributed by atoms with Crippen molar-refractivity contribution >= 4 is 23.2 Å². The van der Waals surface area contributed by atoms with E-state index in [1.54, 1.807) is 29.0 Å². The number of hydrogen-bond acceptors (Lipinski definition) is 6. The fourth-order valence-electron chi connectivity index (χ4n) is 3.38. The maximum Gasteiger partial charge on any atom is 0.252 e. The molecule has 0 bridgehead atoms. The van der Waals surface area contributed by atoms with E-state index in [1.807, 2.05) is 25.3 Å². The molecule has 146 valence electrons. The number of carbonyl (C=O) groups excluding carboxylic acids is 2. The highest BCUT2D eigenvalue weighted by atomic mass is 32.1. The van der Waals surface area contributed by atoms with Gasteiger partial charge in [-0.1, -0.05) is 0 Å². The van der Waals surface area contributed by atoms with Gasteiger partial charge in [-0.05, 0) is 30.9 Å². The molecule has 0 aromatic carbocycles. The molecule has 1 saturated heterocycles. The van der Waals surface area contributed by atoms with Crippen LogP contribution >= 0.6 is 11.3 Å². The second kappa shape index (κ2) is 8.20. The molecule has 2 N–H and O–H groups in total. The lowest BCUT2D eigenvalue weighted by molar-refractivity contribution is -0.164. The smallest absolute Gasteiger partial charge is 0.252 e. The zero-order valence-electron chi connectivity index (χ0n) is 15.6. The number of amides is 2. The first-order valence-corrected chi connectivity index (χ1v) is 9.69. The van der Waals surface area contributed by atoms with Gasteiger partial charge in [-0.2, -0.15) is 5.10 Å². The average Bonchev–Trinajstić information content (AvgIpc) is 3.27. The Labute approximate surface area is 161 Å². The minimum atomic E-state index is -0.874. The third-order valence-electron chi connectivity index (χ3n) is 4.71. The Bertz CT molecular complexity index is 818. The van der Waals surface area contributed by atoms with Crippen molar-refractivity contribution in [3.63, 3.8) is 0 Å². The number of carbonyl (C=O) groups is 2. The molecule has 9 heteroatoms. The van der Waals surface area contributed by atoms with Crippen molar-refractivity contribution in [3.05, 3.63) is 39.8 Å². The highest BCUT2D eigenvalue weighted by molar-refractivity contribution is 7.10. The summed E-state index contributed by atoms with van der Waals surface area (Å²) < 4.78 is 7.26. The predicted octanol–water partition coefficient (Wildman–Crippen LogP) is 0.928. The van der Waals surface area contributed by atoms with E-state index in [0.717, 1.165) is 16.0 Å². The molecule has 1 aliphatic heterocycles. The molecule has 3 heterocycles. The van der Waals surface area contributed by atoms with Crippen LogP contribution < -0.4 is 5.32 Å². The normalized spacial score (nSPS) is 21.3. The molecule has 8 nitrogen and oxygen atoms in total. The molecule has 1 fully saturated rings. The van der Waals surface area contributed by atoms with E-state index < -0.39 is 18.2 Å². The second-order valence-corrected chi connectivity index (χ2v) is 7.46. The molecule has 3 rings (SSSR count). The summed E-state index contributed by atoms with van der Waals surface area (Å²) in [5.74, 6) is -0.523. The summed E-state index contributed by atoms with van der Waals surface area (Å²) >= 11 is 1.48. The molecule has 2 aromatic heterocycles. The van der Waals surface area contributed by atoms with Gasteiger partial charge in [0, 0.05) is 30.2 Å². The van der Waals surface area contributed by atoms with Crippen LogP contribution in [0.5, 0.6) is 0 Å². The Morgan fingerprint density at radius 2 is 2.33 bits per heavy atom. The van der Waals surface area contributed by atoms with E-state index >= 15 is 0 Å². The Balaban J connectivity index is 1.86. The third-order valence-corrected chi connectivity index (χ3v) is 5.84. The lowest BCUT2D eigenvalue weighted by atomic mass is 9.99. The SMILES string of the molecule is CCN1C(=O)CO[C@H](C(=O)NC(CO)c2sccc2C)[C@H]1c1cnn(C)c1. The molecule has 0 radical (unpaired) electrons. The minimum Gasteiger partial charge on any atom is -0.394 e. The van der Waals surface area contributed by atoms with Crippen molar-refractivity contribution < 1.29 is 19.4 Å². The van der Waals surface area contributed by atoms with Crippen molar-refractivity contribution in [2.45, 2.75) is 32.0 Å². The van der Waals surface area contributed by atoms with Crippen molar-refractivity contribution in [2.24, 2.45) is 7.05 Å². The van der Waals surface area contributed by atoms with Crippen molar-refractivity contribution in [2.75, 3.05) is 19.8 Å². The van der Waals surface area contributed by atoms with Gasteiger partial charge in [0.15, 0.2) is 6.10 Å². The monoisotopic (exact) mass is 392 g/mol. The minimum absolute atomic E-state index is 0.148. The van der Waals surface area contributed by atoms with Gasteiger partial charge in [-0.25, -0.2) is 0 Å². The first-order valence-electron chi connectivity index (χ1n) is 8.81. The van der Waals surface area contributed by atoms with E-state index in [2.05, 4.69) is 10.4 Å². The van der Waals surface area contributed by atoms with Gasteiger partial charge in [0.1, 0.15) is 6.61 Å². The Morgan fingerprint density at radius 1 is 1.56 bits per heavy atom. The van der Waals surface area contributed by atoms with Crippen LogP contribution in [0.15, 0.2) is 23.8 Å². The fourth-order valence-corrected chi connectivity index (χ4v) is 4.35. The molecule has 2 aromatic rings. The first-order chi connectivity index (χ1) is 13.0. The summed E-state index contributed by atoms with van der Waals surface area (Å²) in [7, 11) is 1.78. The number of aromatic nitrogens is 2. The van der Waals surface area contributed by atoms with Crippen LogP contribution in [0.2, 0.25) is 0 Å². The molecule has 1 unspecified atom stereocenters. The van der Waals surface area contributed by atoms with Crippen LogP contribution in [-0.4, -0.2) is 57.5 Å². The molecular weight excluding hydrogens is 368 g/mol. The van der Waals surface area contributed by atoms with Crippen LogP contribution in [0.1, 0.15) is 35.0 Å². The number of aryl methyl sites for hydroxylation is 2. The van der Waals surface area contributed by atoms with Crippen LogP contribution in [0.25, 0.3) is 0 Å². The molecule has 0 spiro atoms. The summed E-state index contributed by atoms with van der Waals surface area (Å²) in [6.07, 6.45) is 2.55. The van der Waals surface area contributed by atoms with E-state index in [0.29, 0.717) is 6.54 Å². The summed E-state index contributed by atoms with van der Waals surface area (Å²) in [6, 6.07) is 0.874. The highest BCUT2D eigenvalue weighted by Gasteiger charge is 2.42. The predicted molar refractivity (Wildman–Crippen MR) is 100 cm³/mol. The summed E-state index contributed by atoms with van der Waals surface area (Å²) in [4.78, 5) is 27.9. The number of aliphatic hydroxyl groups excluding tert-OH is 1. The van der Waals surface area contributed by atoms with Crippen LogP contribution in [0, 0.1) is 6.92 Å². The van der Waals surface area contributed by atoms with E-state index in [1.165, 1.54) is 11.3 Å². The lowest BCUT2D eigenvalue weighted by Gasteiger charge is -2.39. The standard InChI is InChI=1S/C18H24N4O4S/c1-4-22-14(24)10-26-16(15(22)12-7-19-21(3)8-12)18(25)20-13(9-23)17-11(2)5-6-27-17/h5-8,13,15-16,23H,4,9-10H2,1-3H3,(H,20,25)/t13?,15-,16+/m1/s1. The lowest BCUT2D eigenvalue weighted by Crippen LogP contribution is -2.54. The zero-order chi connectivity index (χ0) is 19.6.